The molecule has 1 amide bonds. The fourth-order valence-corrected chi connectivity index (χ4v) is 2.25. The van der Waals surface area contributed by atoms with Gasteiger partial charge in [-0.3, -0.25) is 4.79 Å². The molecule has 3 rings (SSSR count). The van der Waals surface area contributed by atoms with Crippen molar-refractivity contribution in [2.24, 2.45) is 0 Å². The van der Waals surface area contributed by atoms with Gasteiger partial charge in [0.25, 0.3) is 5.91 Å². The van der Waals surface area contributed by atoms with Crippen LogP contribution in [-0.4, -0.2) is 18.0 Å². The topological polar surface area (TPSA) is 63.2 Å². The van der Waals surface area contributed by atoms with Crippen LogP contribution in [0.15, 0.2) is 54.7 Å². The summed E-state index contributed by atoms with van der Waals surface area (Å²) >= 11 is 0. The van der Waals surface area contributed by atoms with Crippen molar-refractivity contribution in [1.29, 1.82) is 0 Å². The highest BCUT2D eigenvalue weighted by Gasteiger charge is 2.16. The molecule has 0 aliphatic rings. The number of methoxy groups -OCH3 is 1. The first-order chi connectivity index (χ1) is 13.0. The minimum atomic E-state index is -1.65. The Morgan fingerprint density at radius 3 is 2.26 bits per heavy atom. The molecule has 0 saturated carbocycles. The lowest BCUT2D eigenvalue weighted by molar-refractivity contribution is 0.102. The largest absolute Gasteiger partial charge is 0.497 e. The first-order valence-electron chi connectivity index (χ1n) is 7.80. The summed E-state index contributed by atoms with van der Waals surface area (Å²) in [6.45, 7) is 0. The van der Waals surface area contributed by atoms with Gasteiger partial charge in [-0.05, 0) is 48.5 Å². The summed E-state index contributed by atoms with van der Waals surface area (Å²) in [6, 6.07) is 11.9. The Kier molecular flexibility index (Phi) is 5.25. The highest BCUT2D eigenvalue weighted by atomic mass is 19.2. The minimum Gasteiger partial charge on any atom is -0.497 e. The van der Waals surface area contributed by atoms with Gasteiger partial charge in [-0.25, -0.2) is 18.2 Å². The fourth-order valence-electron chi connectivity index (χ4n) is 2.25. The lowest BCUT2D eigenvalue weighted by atomic mass is 10.2. The normalized spacial score (nSPS) is 10.4. The molecule has 1 heterocycles. The Morgan fingerprint density at radius 1 is 0.926 bits per heavy atom. The highest BCUT2D eigenvalue weighted by molar-refractivity contribution is 6.03. The number of ether oxygens (including phenoxy) is 1. The maximum absolute atomic E-state index is 13.6. The first-order valence-corrected chi connectivity index (χ1v) is 7.80. The average molecular weight is 373 g/mol. The van der Waals surface area contributed by atoms with Crippen molar-refractivity contribution >= 4 is 23.0 Å². The van der Waals surface area contributed by atoms with Crippen LogP contribution >= 0.6 is 0 Å². The summed E-state index contributed by atoms with van der Waals surface area (Å²) in [5.41, 5.74) is 0.926. The van der Waals surface area contributed by atoms with Gasteiger partial charge in [0.2, 0.25) is 0 Å². The van der Waals surface area contributed by atoms with Crippen molar-refractivity contribution in [3.05, 3.63) is 77.9 Å². The van der Waals surface area contributed by atoms with E-state index in [9.17, 15) is 18.0 Å². The van der Waals surface area contributed by atoms with Gasteiger partial charge in [-0.15, -0.1) is 0 Å². The van der Waals surface area contributed by atoms with E-state index in [2.05, 4.69) is 15.6 Å². The van der Waals surface area contributed by atoms with E-state index in [1.807, 2.05) is 12.1 Å². The molecule has 3 aromatic rings. The average Bonchev–Trinajstić information content (AvgIpc) is 2.69. The van der Waals surface area contributed by atoms with Crippen molar-refractivity contribution in [2.75, 3.05) is 17.7 Å². The smallest absolute Gasteiger partial charge is 0.274 e. The third kappa shape index (κ3) is 4.17. The van der Waals surface area contributed by atoms with Crippen LogP contribution in [0.4, 0.5) is 30.2 Å². The van der Waals surface area contributed by atoms with Crippen molar-refractivity contribution in [3.8, 4) is 5.75 Å². The molecule has 0 atom stereocenters. The summed E-state index contributed by atoms with van der Waals surface area (Å²) in [6.07, 6.45) is 1.42. The van der Waals surface area contributed by atoms with Crippen LogP contribution in [0, 0.1) is 17.5 Å². The molecule has 2 N–H and O–H groups in total. The number of carbonyl (C=O) groups is 1. The van der Waals surface area contributed by atoms with Crippen LogP contribution in [-0.2, 0) is 0 Å². The van der Waals surface area contributed by atoms with Gasteiger partial charge in [-0.2, -0.15) is 0 Å². The van der Waals surface area contributed by atoms with Crippen LogP contribution in [0.3, 0.4) is 0 Å². The lowest BCUT2D eigenvalue weighted by Gasteiger charge is -2.09. The van der Waals surface area contributed by atoms with Crippen LogP contribution in [0.2, 0.25) is 0 Å². The predicted molar refractivity (Wildman–Crippen MR) is 94.8 cm³/mol. The number of nitrogens with zero attached hydrogens (tertiary/aromatic N) is 1. The van der Waals surface area contributed by atoms with E-state index in [4.69, 9.17) is 4.74 Å². The second-order valence-electron chi connectivity index (χ2n) is 5.46. The van der Waals surface area contributed by atoms with E-state index in [1.165, 1.54) is 12.3 Å². The predicted octanol–water partition coefficient (Wildman–Crippen LogP) is 4.50. The molecule has 1 aromatic heterocycles. The standard InChI is InChI=1S/C19H14F3N3O2/c1-27-13-5-2-11(3-6-13)24-12-4-8-16(23-10-12)19(26)25-15-9-7-14(20)17(21)18(15)22/h2-10,24H,1H3,(H,25,26). The summed E-state index contributed by atoms with van der Waals surface area (Å²) in [5.74, 6) is -4.50. The van der Waals surface area contributed by atoms with Gasteiger partial charge < -0.3 is 15.4 Å². The van der Waals surface area contributed by atoms with E-state index >= 15 is 0 Å². The molecule has 27 heavy (non-hydrogen) atoms. The molecular formula is C19H14F3N3O2. The second-order valence-corrected chi connectivity index (χ2v) is 5.46. The third-order valence-electron chi connectivity index (χ3n) is 3.66. The first kappa shape index (κ1) is 18.2. The van der Waals surface area contributed by atoms with E-state index in [1.54, 1.807) is 25.3 Å². The molecule has 5 nitrogen and oxygen atoms in total. The van der Waals surface area contributed by atoms with Crippen molar-refractivity contribution < 1.29 is 22.7 Å². The van der Waals surface area contributed by atoms with Crippen LogP contribution < -0.4 is 15.4 Å². The van der Waals surface area contributed by atoms with Crippen molar-refractivity contribution in [1.82, 2.24) is 4.98 Å². The zero-order valence-corrected chi connectivity index (χ0v) is 14.1. The molecule has 8 heteroatoms. The molecule has 0 bridgehead atoms. The zero-order valence-electron chi connectivity index (χ0n) is 14.1. The van der Waals surface area contributed by atoms with E-state index < -0.39 is 29.0 Å². The van der Waals surface area contributed by atoms with Gasteiger partial charge in [0, 0.05) is 5.69 Å². The summed E-state index contributed by atoms with van der Waals surface area (Å²) in [4.78, 5) is 16.1. The number of halogens is 3. The number of pyridine rings is 1. The Hall–Kier alpha value is -3.55. The molecule has 2 aromatic carbocycles. The lowest BCUT2D eigenvalue weighted by Crippen LogP contribution is -2.15. The van der Waals surface area contributed by atoms with Gasteiger partial charge in [0.05, 0.1) is 24.7 Å². The quantitative estimate of drug-likeness (QED) is 0.647. The molecule has 0 saturated heterocycles. The number of benzene rings is 2. The molecule has 138 valence electrons. The maximum atomic E-state index is 13.6. The molecule has 0 aliphatic heterocycles. The highest BCUT2D eigenvalue weighted by Crippen LogP contribution is 2.21. The number of amides is 1. The van der Waals surface area contributed by atoms with E-state index in [0.29, 0.717) is 5.69 Å². The SMILES string of the molecule is COc1ccc(Nc2ccc(C(=O)Nc3ccc(F)c(F)c3F)nc2)cc1. The number of anilines is 3. The number of rotatable bonds is 5. The van der Waals surface area contributed by atoms with E-state index in [-0.39, 0.29) is 5.69 Å². The summed E-state index contributed by atoms with van der Waals surface area (Å²) in [7, 11) is 1.57. The number of aromatic nitrogens is 1. The molecule has 0 radical (unpaired) electrons. The van der Waals surface area contributed by atoms with Crippen LogP contribution in [0.5, 0.6) is 5.75 Å². The molecule has 0 aliphatic carbocycles. The summed E-state index contributed by atoms with van der Waals surface area (Å²) in [5, 5.41) is 5.25. The van der Waals surface area contributed by atoms with Crippen LogP contribution in [0.25, 0.3) is 0 Å². The van der Waals surface area contributed by atoms with E-state index in [0.717, 1.165) is 23.6 Å². The fraction of sp³-hybridized carbons (Fsp3) is 0.0526. The van der Waals surface area contributed by atoms with Crippen molar-refractivity contribution in [2.45, 2.75) is 0 Å². The number of nitrogens with one attached hydrogen (secondary N) is 2. The Bertz CT molecular complexity index is 961. The molecular weight excluding hydrogens is 359 g/mol. The number of carbonyl (C=O) groups excluding carboxylic acids is 1. The Labute approximate surface area is 152 Å². The molecule has 0 spiro atoms. The van der Waals surface area contributed by atoms with Gasteiger partial charge in [-0.1, -0.05) is 0 Å². The van der Waals surface area contributed by atoms with Gasteiger partial charge >= 0.3 is 0 Å². The van der Waals surface area contributed by atoms with Gasteiger partial charge in [0.1, 0.15) is 11.4 Å². The minimum absolute atomic E-state index is 0.0144. The van der Waals surface area contributed by atoms with Crippen molar-refractivity contribution in [3.63, 3.8) is 0 Å². The molecule has 0 fully saturated rings. The molecule has 0 unspecified atom stereocenters. The van der Waals surface area contributed by atoms with Crippen LogP contribution in [0.1, 0.15) is 10.5 Å². The Balaban J connectivity index is 1.69. The number of hydrogen-bond donors (Lipinski definition) is 2. The monoisotopic (exact) mass is 373 g/mol. The number of hydrogen-bond acceptors (Lipinski definition) is 4. The Morgan fingerprint density at radius 2 is 1.63 bits per heavy atom. The zero-order chi connectivity index (χ0) is 19.4. The second kappa shape index (κ2) is 7.77. The van der Waals surface area contributed by atoms with Gasteiger partial charge in [0.15, 0.2) is 17.5 Å². The summed E-state index contributed by atoms with van der Waals surface area (Å²) < 4.78 is 44.9. The maximum Gasteiger partial charge on any atom is 0.274 e. The third-order valence-corrected chi connectivity index (χ3v) is 3.66.